The van der Waals surface area contributed by atoms with Gasteiger partial charge in [-0.05, 0) is 31.2 Å². The van der Waals surface area contributed by atoms with Crippen LogP contribution in [0.1, 0.15) is 35.9 Å². The van der Waals surface area contributed by atoms with Crippen molar-refractivity contribution in [2.24, 2.45) is 5.92 Å². The molecule has 2 amide bonds. The highest BCUT2D eigenvalue weighted by atomic mass is 32.1. The van der Waals surface area contributed by atoms with Gasteiger partial charge >= 0.3 is 5.97 Å². The Kier molecular flexibility index (Phi) is 6.58. The van der Waals surface area contributed by atoms with Crippen LogP contribution in [0.2, 0.25) is 0 Å². The van der Waals surface area contributed by atoms with Crippen molar-refractivity contribution < 1.29 is 19.1 Å². The van der Waals surface area contributed by atoms with E-state index in [4.69, 9.17) is 4.74 Å². The zero-order chi connectivity index (χ0) is 16.7. The van der Waals surface area contributed by atoms with Gasteiger partial charge in [0.2, 0.25) is 5.91 Å². The van der Waals surface area contributed by atoms with E-state index in [-0.39, 0.29) is 30.1 Å². The first-order valence-corrected chi connectivity index (χ1v) is 8.76. The van der Waals surface area contributed by atoms with Crippen molar-refractivity contribution in [2.45, 2.75) is 26.2 Å². The van der Waals surface area contributed by atoms with Gasteiger partial charge in [-0.1, -0.05) is 6.07 Å². The van der Waals surface area contributed by atoms with Gasteiger partial charge in [0, 0.05) is 26.1 Å². The fourth-order valence-electron chi connectivity index (χ4n) is 2.59. The summed E-state index contributed by atoms with van der Waals surface area (Å²) in [4.78, 5) is 38.1. The maximum atomic E-state index is 12.2. The summed E-state index contributed by atoms with van der Waals surface area (Å²) in [6, 6.07) is 3.56. The number of carbonyl (C=O) groups is 3. The summed E-state index contributed by atoms with van der Waals surface area (Å²) in [5.74, 6) is -0.648. The first-order chi connectivity index (χ1) is 11.1. The lowest BCUT2D eigenvalue weighted by Crippen LogP contribution is -2.43. The Morgan fingerprint density at radius 1 is 1.43 bits per heavy atom. The molecule has 7 heteroatoms. The Labute approximate surface area is 139 Å². The van der Waals surface area contributed by atoms with E-state index in [1.54, 1.807) is 17.9 Å². The molecular formula is C16H22N2O4S. The van der Waals surface area contributed by atoms with Crippen molar-refractivity contribution in [3.8, 4) is 0 Å². The van der Waals surface area contributed by atoms with Gasteiger partial charge in [-0.25, -0.2) is 0 Å². The van der Waals surface area contributed by atoms with Gasteiger partial charge in [0.1, 0.15) is 0 Å². The van der Waals surface area contributed by atoms with Crippen LogP contribution < -0.4 is 5.32 Å². The number of ether oxygens (including phenoxy) is 1. The molecule has 0 aliphatic carbocycles. The summed E-state index contributed by atoms with van der Waals surface area (Å²) in [7, 11) is 0. The number of esters is 1. The normalized spacial score (nSPS) is 17.6. The fraction of sp³-hybridized carbons (Fsp3) is 0.562. The third-order valence-corrected chi connectivity index (χ3v) is 4.63. The van der Waals surface area contributed by atoms with Crippen molar-refractivity contribution in [3.63, 3.8) is 0 Å². The lowest BCUT2D eigenvalue weighted by atomic mass is 9.98. The van der Waals surface area contributed by atoms with E-state index >= 15 is 0 Å². The maximum Gasteiger partial charge on any atom is 0.310 e. The van der Waals surface area contributed by atoms with Crippen LogP contribution >= 0.6 is 11.3 Å². The quantitative estimate of drug-likeness (QED) is 0.801. The van der Waals surface area contributed by atoms with Crippen molar-refractivity contribution in [1.29, 1.82) is 0 Å². The third-order valence-electron chi connectivity index (χ3n) is 3.76. The minimum atomic E-state index is -0.228. The highest BCUT2D eigenvalue weighted by molar-refractivity contribution is 7.12. The zero-order valence-electron chi connectivity index (χ0n) is 13.2. The summed E-state index contributed by atoms with van der Waals surface area (Å²) < 4.78 is 5.03. The second-order valence-electron chi connectivity index (χ2n) is 5.41. The van der Waals surface area contributed by atoms with E-state index in [0.717, 1.165) is 12.8 Å². The van der Waals surface area contributed by atoms with Crippen molar-refractivity contribution in [3.05, 3.63) is 22.4 Å². The highest BCUT2D eigenvalue weighted by Crippen LogP contribution is 2.18. The standard InChI is InChI=1S/C16H22N2O4S/c1-2-22-16(21)12-5-3-9-18(11-12)14(19)7-8-17-15(20)13-6-4-10-23-13/h4,6,10,12H,2-3,5,7-9,11H2,1H3,(H,17,20). The highest BCUT2D eigenvalue weighted by Gasteiger charge is 2.29. The summed E-state index contributed by atoms with van der Waals surface area (Å²) in [5.41, 5.74) is 0. The molecule has 0 radical (unpaired) electrons. The molecule has 1 aromatic heterocycles. The van der Waals surface area contributed by atoms with Crippen LogP contribution in [0.5, 0.6) is 0 Å². The molecule has 6 nitrogen and oxygen atoms in total. The number of carbonyl (C=O) groups excluding carboxylic acids is 3. The van der Waals surface area contributed by atoms with Gasteiger partial charge in [0.05, 0.1) is 17.4 Å². The van der Waals surface area contributed by atoms with Crippen LogP contribution in [0, 0.1) is 5.92 Å². The molecule has 1 saturated heterocycles. The van der Waals surface area contributed by atoms with Gasteiger partial charge in [0.15, 0.2) is 0 Å². The summed E-state index contributed by atoms with van der Waals surface area (Å²) in [5, 5.41) is 4.58. The number of nitrogens with one attached hydrogen (secondary N) is 1. The van der Waals surface area contributed by atoms with E-state index in [2.05, 4.69) is 5.32 Å². The first kappa shape index (κ1) is 17.5. The molecule has 1 aliphatic rings. The fourth-order valence-corrected chi connectivity index (χ4v) is 3.23. The lowest BCUT2D eigenvalue weighted by molar-refractivity contribution is -0.151. The molecule has 0 aromatic carbocycles. The number of thiophene rings is 1. The molecule has 0 bridgehead atoms. The molecular weight excluding hydrogens is 316 g/mol. The second kappa shape index (κ2) is 8.67. The number of hydrogen-bond acceptors (Lipinski definition) is 5. The monoisotopic (exact) mass is 338 g/mol. The van der Waals surface area contributed by atoms with Crippen LogP contribution in [0.3, 0.4) is 0 Å². The largest absolute Gasteiger partial charge is 0.466 e. The number of amides is 2. The zero-order valence-corrected chi connectivity index (χ0v) is 14.1. The molecule has 1 N–H and O–H groups in total. The van der Waals surface area contributed by atoms with Crippen molar-refractivity contribution >= 4 is 29.1 Å². The SMILES string of the molecule is CCOC(=O)C1CCCN(C(=O)CCNC(=O)c2cccs2)C1. The maximum absolute atomic E-state index is 12.2. The van der Waals surface area contributed by atoms with Crippen molar-refractivity contribution in [2.75, 3.05) is 26.2 Å². The van der Waals surface area contributed by atoms with Crippen LogP contribution in [0.4, 0.5) is 0 Å². The van der Waals surface area contributed by atoms with Crippen LogP contribution in [-0.2, 0) is 14.3 Å². The second-order valence-corrected chi connectivity index (χ2v) is 6.36. The molecule has 1 aliphatic heterocycles. The predicted molar refractivity (Wildman–Crippen MR) is 87.2 cm³/mol. The molecule has 1 fully saturated rings. The Balaban J connectivity index is 1.74. The molecule has 1 atom stereocenters. The number of nitrogens with zero attached hydrogens (tertiary/aromatic N) is 1. The Morgan fingerprint density at radius 2 is 2.26 bits per heavy atom. The summed E-state index contributed by atoms with van der Waals surface area (Å²) >= 11 is 1.37. The Hall–Kier alpha value is -1.89. The molecule has 2 rings (SSSR count). The van der Waals surface area contributed by atoms with Crippen LogP contribution in [0.25, 0.3) is 0 Å². The average Bonchev–Trinajstić information content (AvgIpc) is 3.09. The summed E-state index contributed by atoms with van der Waals surface area (Å²) in [6.45, 7) is 3.51. The van der Waals surface area contributed by atoms with E-state index < -0.39 is 0 Å². The number of piperidine rings is 1. The minimum Gasteiger partial charge on any atom is -0.466 e. The van der Waals surface area contributed by atoms with Gasteiger partial charge in [-0.3, -0.25) is 14.4 Å². The summed E-state index contributed by atoms with van der Waals surface area (Å²) in [6.07, 6.45) is 1.81. The topological polar surface area (TPSA) is 75.7 Å². The Bertz CT molecular complexity index is 544. The molecule has 0 spiro atoms. The lowest BCUT2D eigenvalue weighted by Gasteiger charge is -2.31. The molecule has 0 saturated carbocycles. The van der Waals surface area contributed by atoms with E-state index in [9.17, 15) is 14.4 Å². The van der Waals surface area contributed by atoms with Gasteiger partial charge in [-0.2, -0.15) is 0 Å². The molecule has 23 heavy (non-hydrogen) atoms. The smallest absolute Gasteiger partial charge is 0.310 e. The van der Waals surface area contributed by atoms with Gasteiger partial charge in [0.25, 0.3) is 5.91 Å². The average molecular weight is 338 g/mol. The first-order valence-electron chi connectivity index (χ1n) is 7.88. The van der Waals surface area contributed by atoms with Gasteiger partial charge in [-0.15, -0.1) is 11.3 Å². The molecule has 1 unspecified atom stereocenters. The van der Waals surface area contributed by atoms with Crippen LogP contribution in [-0.4, -0.2) is 48.9 Å². The number of likely N-dealkylation sites (tertiary alicyclic amines) is 1. The van der Waals surface area contributed by atoms with E-state index in [1.807, 2.05) is 11.4 Å². The number of rotatable bonds is 6. The minimum absolute atomic E-state index is 0.0366. The molecule has 2 heterocycles. The predicted octanol–water partition coefficient (Wildman–Crippen LogP) is 1.67. The van der Waals surface area contributed by atoms with E-state index in [0.29, 0.717) is 31.1 Å². The molecule has 126 valence electrons. The van der Waals surface area contributed by atoms with Crippen molar-refractivity contribution in [1.82, 2.24) is 10.2 Å². The Morgan fingerprint density at radius 3 is 2.96 bits per heavy atom. The van der Waals surface area contributed by atoms with E-state index in [1.165, 1.54) is 11.3 Å². The van der Waals surface area contributed by atoms with Crippen LogP contribution in [0.15, 0.2) is 17.5 Å². The number of hydrogen-bond donors (Lipinski definition) is 1. The van der Waals surface area contributed by atoms with Gasteiger partial charge < -0.3 is 15.0 Å². The molecule has 1 aromatic rings. The third kappa shape index (κ3) is 5.06.